The van der Waals surface area contributed by atoms with Crippen LogP contribution in [0.4, 0.5) is 0 Å². The van der Waals surface area contributed by atoms with E-state index < -0.39 is 156 Å². The molecule has 0 saturated carbocycles. The Labute approximate surface area is 474 Å². The number of imidazole rings is 1. The molecule has 0 spiro atoms. The zero-order valence-corrected chi connectivity index (χ0v) is 47.3. The van der Waals surface area contributed by atoms with Crippen LogP contribution in [0.25, 0.3) is 0 Å². The predicted octanol–water partition coefficient (Wildman–Crippen LogP) is 0.468. The van der Waals surface area contributed by atoms with E-state index in [2.05, 4.69) is 30.0 Å². The number of nitrogens with one attached hydrogen (secondary N) is 2. The van der Waals surface area contributed by atoms with Gasteiger partial charge in [0.1, 0.15) is 72.9 Å². The molecule has 34 heteroatoms. The van der Waals surface area contributed by atoms with E-state index in [9.17, 15) is 63.4 Å². The van der Waals surface area contributed by atoms with Gasteiger partial charge in [0.15, 0.2) is 18.1 Å². The highest BCUT2D eigenvalue weighted by atomic mass is 31.2. The molecule has 2 aromatic carbocycles. The quantitative estimate of drug-likeness (QED) is 0.0182. The Morgan fingerprint density at radius 2 is 1.23 bits per heavy atom. The summed E-state index contributed by atoms with van der Waals surface area (Å²) in [6.45, 7) is 3.92. The highest BCUT2D eigenvalue weighted by molar-refractivity contribution is 7.52. The number of hydrogen-bond donors (Lipinski definition) is 9. The van der Waals surface area contributed by atoms with E-state index in [0.717, 1.165) is 36.1 Å². The SMILES string of the molecule is COC(=O)C[C@H](NP(=O)(OC[C@H]1O[C@@H](n2cnc(C(N)=O)c2O)[C@H](O)[C@@H]1O)Oc1ccc(CC(C)CCOC(=O)C[C@H](NP(=O)(OC[C@H]2O[C@@H](n3cnc(C(N)=O)n3)[C@H](O)[C@@H]2O)Oc2ccccc2)C(=O)OCCC(C)C)cc1)C(=O)OC. The van der Waals surface area contributed by atoms with Crippen molar-refractivity contribution in [3.63, 3.8) is 0 Å². The molecule has 2 aliphatic heterocycles. The number of aliphatic hydroxyl groups is 4. The Kier molecular flexibility index (Phi) is 23.2. The van der Waals surface area contributed by atoms with Crippen molar-refractivity contribution in [1.82, 2.24) is 34.5 Å². The van der Waals surface area contributed by atoms with Gasteiger partial charge in [-0.3, -0.25) is 42.4 Å². The van der Waals surface area contributed by atoms with Crippen molar-refractivity contribution in [2.45, 2.75) is 114 Å². The average molecular weight is 1210 g/mol. The van der Waals surface area contributed by atoms with Crippen molar-refractivity contribution in [3.05, 3.63) is 84.3 Å². The number of aromatic hydroxyl groups is 1. The van der Waals surface area contributed by atoms with Gasteiger partial charge in [-0.2, -0.15) is 10.2 Å². The minimum absolute atomic E-state index is 0.0111. The summed E-state index contributed by atoms with van der Waals surface area (Å²) in [6, 6.07) is 10.3. The number of esters is 4. The summed E-state index contributed by atoms with van der Waals surface area (Å²) in [7, 11) is -7.48. The van der Waals surface area contributed by atoms with Crippen LogP contribution >= 0.6 is 15.5 Å². The van der Waals surface area contributed by atoms with Gasteiger partial charge in [0.25, 0.3) is 11.8 Å². The van der Waals surface area contributed by atoms with Crippen molar-refractivity contribution < 1.29 is 110 Å². The average Bonchev–Trinajstić information content (AvgIpc) is 4.44. The van der Waals surface area contributed by atoms with E-state index in [0.29, 0.717) is 18.4 Å². The van der Waals surface area contributed by atoms with E-state index in [1.807, 2.05) is 20.8 Å². The molecule has 456 valence electrons. The molecule has 2 saturated heterocycles. The fourth-order valence-corrected chi connectivity index (χ4v) is 11.1. The Hall–Kier alpha value is -6.93. The van der Waals surface area contributed by atoms with Crippen LogP contribution in [0.5, 0.6) is 17.4 Å². The minimum Gasteiger partial charge on any atom is -0.493 e. The van der Waals surface area contributed by atoms with Crippen LogP contribution in [0.3, 0.4) is 0 Å². The zero-order chi connectivity index (χ0) is 60.8. The third kappa shape index (κ3) is 18.0. The topological polar surface area (TPSA) is 455 Å². The van der Waals surface area contributed by atoms with E-state index >= 15 is 0 Å². The summed E-state index contributed by atoms with van der Waals surface area (Å²) in [6.07, 6.45) is -11.0. The summed E-state index contributed by atoms with van der Waals surface area (Å²) >= 11 is 0. The smallest absolute Gasteiger partial charge is 0.459 e. The number of hydrogen-bond acceptors (Lipinski definition) is 26. The number of rotatable bonds is 32. The van der Waals surface area contributed by atoms with E-state index in [-0.39, 0.29) is 43.0 Å². The van der Waals surface area contributed by atoms with Gasteiger partial charge in [0, 0.05) is 0 Å². The standard InChI is InChI=1S/C49H67N9O23P2/c1-26(2)15-17-75-49(69)32(56-83(71,80-29-9-7-6-8-10-29)77-23-34-39(62)41(64)47(79-34)58-25-53-44(54-58)43(51)66)21-36(60)74-18-16-27(3)19-28-11-13-30(14-12-28)81-82(70,55-31(48(68)73-5)20-35(59)72-4)76-22-33-38(61)40(63)46(78-33)57-24-52-37(42(50)65)45(57)67/h6-14,24-27,31-34,38-41,46-47,61-64,67H,15-23H2,1-5H3,(H2,50,65)(H2,51,66)(H,55,70)(H,56,71)/t27?,31-,32-,33+,34+,38+,39+,40+,41+,46+,47+,82?,83?/m0/s1. The highest BCUT2D eigenvalue weighted by Crippen LogP contribution is 2.48. The highest BCUT2D eigenvalue weighted by Gasteiger charge is 2.48. The lowest BCUT2D eigenvalue weighted by Crippen LogP contribution is -2.41. The van der Waals surface area contributed by atoms with Gasteiger partial charge in [0.2, 0.25) is 11.7 Å². The molecule has 0 radical (unpaired) electrons. The molecule has 2 aliphatic rings. The second kappa shape index (κ2) is 29.5. The van der Waals surface area contributed by atoms with Gasteiger partial charge in [0.05, 0.1) is 53.5 Å². The summed E-state index contributed by atoms with van der Waals surface area (Å²) in [5.41, 5.74) is 10.6. The molecule has 2 amide bonds. The third-order valence-corrected chi connectivity index (χ3v) is 15.8. The fraction of sp³-hybridized carbons (Fsp3) is 0.531. The molecule has 4 aromatic rings. The van der Waals surface area contributed by atoms with Gasteiger partial charge < -0.3 is 74.5 Å². The normalized spacial score (nSPS) is 23.0. The first-order valence-corrected chi connectivity index (χ1v) is 28.8. The largest absolute Gasteiger partial charge is 0.493 e. The number of aromatic nitrogens is 5. The number of primary amides is 2. The van der Waals surface area contributed by atoms with Crippen LogP contribution in [-0.2, 0) is 72.2 Å². The van der Waals surface area contributed by atoms with Gasteiger partial charge in [-0.1, -0.05) is 51.1 Å². The maximum atomic E-state index is 14.6. The number of carbonyl (C=O) groups is 6. The second-order valence-corrected chi connectivity index (χ2v) is 22.8. The molecule has 0 aliphatic carbocycles. The summed E-state index contributed by atoms with van der Waals surface area (Å²) in [5.74, 6) is -7.23. The number of aliphatic hydroxyl groups excluding tert-OH is 4. The van der Waals surface area contributed by atoms with Gasteiger partial charge in [-0.25, -0.2) is 23.8 Å². The third-order valence-electron chi connectivity index (χ3n) is 12.6. The monoisotopic (exact) mass is 1210 g/mol. The van der Waals surface area contributed by atoms with Crippen LogP contribution in [0.1, 0.15) is 85.6 Å². The first kappa shape index (κ1) is 65.2. The Morgan fingerprint density at radius 1 is 0.675 bits per heavy atom. The molecule has 2 fully saturated rings. The minimum atomic E-state index is -4.80. The summed E-state index contributed by atoms with van der Waals surface area (Å²) in [4.78, 5) is 82.8. The van der Waals surface area contributed by atoms with Crippen molar-refractivity contribution in [1.29, 1.82) is 0 Å². The number of ether oxygens (including phenoxy) is 6. The number of nitrogens with two attached hydrogens (primary N) is 2. The van der Waals surface area contributed by atoms with E-state index in [4.69, 9.17) is 53.2 Å². The molecule has 83 heavy (non-hydrogen) atoms. The van der Waals surface area contributed by atoms with Crippen molar-refractivity contribution in [3.8, 4) is 17.4 Å². The first-order chi connectivity index (χ1) is 39.3. The number of carbonyl (C=O) groups excluding carboxylic acids is 6. The molecule has 0 bridgehead atoms. The molecular weight excluding hydrogens is 1140 g/mol. The van der Waals surface area contributed by atoms with Crippen LogP contribution in [0, 0.1) is 11.8 Å². The number of para-hydroxylation sites is 1. The lowest BCUT2D eigenvalue weighted by molar-refractivity contribution is -0.152. The molecule has 4 heterocycles. The van der Waals surface area contributed by atoms with Gasteiger partial charge in [-0.15, -0.1) is 5.10 Å². The van der Waals surface area contributed by atoms with Crippen LogP contribution in [0.15, 0.2) is 67.3 Å². The number of nitrogens with zero attached hydrogens (tertiary/aromatic N) is 5. The molecule has 11 N–H and O–H groups in total. The van der Waals surface area contributed by atoms with Crippen molar-refractivity contribution >= 4 is 51.2 Å². The lowest BCUT2D eigenvalue weighted by atomic mass is 9.98. The van der Waals surface area contributed by atoms with E-state index in [1.54, 1.807) is 30.3 Å². The summed E-state index contributed by atoms with van der Waals surface area (Å²) < 4.78 is 85.6. The fourth-order valence-electron chi connectivity index (χ4n) is 8.11. The molecular formula is C49H67N9O23P2. The lowest BCUT2D eigenvalue weighted by Gasteiger charge is -2.26. The van der Waals surface area contributed by atoms with Gasteiger partial charge in [-0.05, 0) is 60.9 Å². The van der Waals surface area contributed by atoms with Crippen molar-refractivity contribution in [2.75, 3.05) is 40.6 Å². The predicted molar refractivity (Wildman–Crippen MR) is 280 cm³/mol. The second-order valence-electron chi connectivity index (χ2n) is 19.5. The van der Waals surface area contributed by atoms with E-state index in [1.165, 1.54) is 24.3 Å². The molecule has 2 aromatic heterocycles. The molecule has 3 unspecified atom stereocenters. The number of amides is 2. The Morgan fingerprint density at radius 3 is 1.77 bits per heavy atom. The maximum absolute atomic E-state index is 14.6. The Balaban J connectivity index is 1.08. The molecule has 6 rings (SSSR count). The number of methoxy groups -OCH3 is 2. The van der Waals surface area contributed by atoms with Crippen LogP contribution < -0.4 is 30.7 Å². The maximum Gasteiger partial charge on any atom is 0.459 e. The summed E-state index contributed by atoms with van der Waals surface area (Å²) in [5, 5.41) is 62.5. The van der Waals surface area contributed by atoms with Crippen molar-refractivity contribution in [2.24, 2.45) is 23.3 Å². The first-order valence-electron chi connectivity index (χ1n) is 25.7. The Bertz CT molecular complexity index is 2950. The molecule has 32 nitrogen and oxygen atoms in total. The van der Waals surface area contributed by atoms with Gasteiger partial charge >= 0.3 is 39.4 Å². The molecule has 13 atom stereocenters. The van der Waals surface area contributed by atoms with Crippen LogP contribution in [0.2, 0.25) is 0 Å². The van der Waals surface area contributed by atoms with Crippen LogP contribution in [-0.4, -0.2) is 175 Å². The number of benzene rings is 2. The zero-order valence-electron chi connectivity index (χ0n) is 45.5.